The average Bonchev–Trinajstić information content (AvgIpc) is 3.27. The summed E-state index contributed by atoms with van der Waals surface area (Å²) >= 11 is 0. The van der Waals surface area contributed by atoms with E-state index in [4.69, 9.17) is 9.72 Å². The highest BCUT2D eigenvalue weighted by Gasteiger charge is 2.20. The minimum absolute atomic E-state index is 0.107. The summed E-state index contributed by atoms with van der Waals surface area (Å²) in [6.07, 6.45) is 9.73. The van der Waals surface area contributed by atoms with Gasteiger partial charge in [-0.1, -0.05) is 6.07 Å². The molecule has 4 heterocycles. The highest BCUT2D eigenvalue weighted by atomic mass is 16.5. The number of carboxylic acid groups (broad SMARTS) is 1. The summed E-state index contributed by atoms with van der Waals surface area (Å²) in [6.45, 7) is 3.31. The Balaban J connectivity index is 1.39. The zero-order chi connectivity index (χ0) is 22.3. The molecule has 0 aliphatic carbocycles. The summed E-state index contributed by atoms with van der Waals surface area (Å²) in [7, 11) is 0. The van der Waals surface area contributed by atoms with E-state index in [0.29, 0.717) is 12.2 Å². The van der Waals surface area contributed by atoms with Crippen molar-refractivity contribution >= 4 is 11.8 Å². The number of hydrogen-bond acceptors (Lipinski definition) is 7. The van der Waals surface area contributed by atoms with E-state index in [2.05, 4.69) is 32.5 Å². The number of pyridine rings is 1. The van der Waals surface area contributed by atoms with Crippen molar-refractivity contribution in [3.05, 3.63) is 59.3 Å². The molecule has 1 aliphatic rings. The van der Waals surface area contributed by atoms with Crippen molar-refractivity contribution in [2.75, 3.05) is 18.5 Å². The lowest BCUT2D eigenvalue weighted by Gasteiger charge is -2.17. The number of rotatable bonds is 10. The lowest BCUT2D eigenvalue weighted by molar-refractivity contribution is -0.137. The van der Waals surface area contributed by atoms with Gasteiger partial charge in [-0.3, -0.25) is 9.48 Å². The van der Waals surface area contributed by atoms with Gasteiger partial charge in [0.15, 0.2) is 0 Å². The number of aromatic nitrogens is 5. The van der Waals surface area contributed by atoms with E-state index in [1.54, 1.807) is 17.1 Å². The second-order valence-corrected chi connectivity index (χ2v) is 7.83. The maximum absolute atomic E-state index is 11.4. The van der Waals surface area contributed by atoms with Gasteiger partial charge in [-0.2, -0.15) is 5.10 Å². The van der Waals surface area contributed by atoms with E-state index in [9.17, 15) is 9.90 Å². The predicted octanol–water partition coefficient (Wildman–Crippen LogP) is 3.06. The van der Waals surface area contributed by atoms with Crippen molar-refractivity contribution in [3.63, 3.8) is 0 Å². The summed E-state index contributed by atoms with van der Waals surface area (Å²) in [4.78, 5) is 24.5. The number of nitrogens with zero attached hydrogens (tertiary/aromatic N) is 5. The number of ether oxygens (including phenoxy) is 1. The van der Waals surface area contributed by atoms with Gasteiger partial charge in [0.2, 0.25) is 0 Å². The Morgan fingerprint density at radius 1 is 1.22 bits per heavy atom. The van der Waals surface area contributed by atoms with Crippen molar-refractivity contribution in [3.8, 4) is 6.01 Å². The van der Waals surface area contributed by atoms with E-state index in [1.807, 2.05) is 19.2 Å². The second-order valence-electron chi connectivity index (χ2n) is 7.83. The molecule has 0 aromatic carbocycles. The second kappa shape index (κ2) is 10.2. The first kappa shape index (κ1) is 21.7. The monoisotopic (exact) mass is 436 g/mol. The van der Waals surface area contributed by atoms with Gasteiger partial charge in [-0.25, -0.2) is 15.0 Å². The molecule has 9 nitrogen and oxygen atoms in total. The predicted molar refractivity (Wildman–Crippen MR) is 119 cm³/mol. The highest BCUT2D eigenvalue weighted by molar-refractivity contribution is 5.68. The molecule has 32 heavy (non-hydrogen) atoms. The van der Waals surface area contributed by atoms with Crippen LogP contribution in [0.4, 0.5) is 5.82 Å². The summed E-state index contributed by atoms with van der Waals surface area (Å²) in [5.41, 5.74) is 3.97. The van der Waals surface area contributed by atoms with Crippen molar-refractivity contribution < 1.29 is 14.6 Å². The van der Waals surface area contributed by atoms with Crippen LogP contribution in [-0.2, 0) is 24.1 Å². The zero-order valence-corrected chi connectivity index (χ0v) is 18.2. The Kier molecular flexibility index (Phi) is 6.94. The lowest BCUT2D eigenvalue weighted by atomic mass is 10.1. The Morgan fingerprint density at radius 3 is 2.81 bits per heavy atom. The summed E-state index contributed by atoms with van der Waals surface area (Å²) < 4.78 is 6.96. The van der Waals surface area contributed by atoms with Gasteiger partial charge in [0.25, 0.3) is 0 Å². The Hall–Kier alpha value is -3.49. The topological polar surface area (TPSA) is 115 Å². The number of nitrogens with one attached hydrogen (secondary N) is 1. The molecule has 168 valence electrons. The molecule has 4 rings (SSSR count). The maximum Gasteiger partial charge on any atom is 0.316 e. The molecule has 3 aromatic rings. The standard InChI is InChI=1S/C23H28N6O3/c1-2-32-23-25-14-17(15-26-23)20(13-21(30)31)29-12-10-19(28-29)7-3-6-18-9-8-16-5-4-11-24-22(16)27-18/h8-10,12,14-15,20H,2-7,11,13H2,1H3,(H,24,27)(H,30,31)/t20-/m1/s1. The van der Waals surface area contributed by atoms with E-state index < -0.39 is 12.0 Å². The van der Waals surface area contributed by atoms with Gasteiger partial charge in [0.1, 0.15) is 5.82 Å². The number of carbonyl (C=O) groups is 1. The summed E-state index contributed by atoms with van der Waals surface area (Å²) in [5.74, 6) is 0.111. The lowest BCUT2D eigenvalue weighted by Crippen LogP contribution is -2.17. The summed E-state index contributed by atoms with van der Waals surface area (Å²) in [6, 6.07) is 6.02. The van der Waals surface area contributed by atoms with E-state index in [-0.39, 0.29) is 12.4 Å². The van der Waals surface area contributed by atoms with E-state index in [0.717, 1.165) is 55.9 Å². The third-order valence-electron chi connectivity index (χ3n) is 5.47. The Bertz CT molecular complexity index is 1050. The Labute approximate surface area is 186 Å². The van der Waals surface area contributed by atoms with Crippen LogP contribution >= 0.6 is 0 Å². The molecule has 0 amide bonds. The average molecular weight is 437 g/mol. The fourth-order valence-electron chi connectivity index (χ4n) is 3.87. The smallest absolute Gasteiger partial charge is 0.316 e. The van der Waals surface area contributed by atoms with Gasteiger partial charge in [-0.15, -0.1) is 0 Å². The third kappa shape index (κ3) is 5.40. The first-order valence-electron chi connectivity index (χ1n) is 11.1. The molecule has 2 N–H and O–H groups in total. The fraction of sp³-hybridized carbons (Fsp3) is 0.435. The van der Waals surface area contributed by atoms with Crippen LogP contribution in [0.25, 0.3) is 0 Å². The maximum atomic E-state index is 11.4. The number of aryl methyl sites for hydroxylation is 3. The third-order valence-corrected chi connectivity index (χ3v) is 5.47. The van der Waals surface area contributed by atoms with Gasteiger partial charge in [0, 0.05) is 36.4 Å². The van der Waals surface area contributed by atoms with Crippen LogP contribution in [0.5, 0.6) is 6.01 Å². The van der Waals surface area contributed by atoms with Crippen molar-refractivity contribution in [2.45, 2.75) is 51.5 Å². The number of carboxylic acids is 1. The van der Waals surface area contributed by atoms with Crippen LogP contribution in [0.3, 0.4) is 0 Å². The van der Waals surface area contributed by atoms with E-state index in [1.165, 1.54) is 5.56 Å². The molecule has 1 atom stereocenters. The zero-order valence-electron chi connectivity index (χ0n) is 18.2. The SMILES string of the molecule is CCOc1ncc([C@@H](CC(=O)O)n2ccc(CCCc3ccc4c(n3)NCCC4)n2)cn1. The molecule has 0 saturated heterocycles. The molecule has 3 aromatic heterocycles. The molecule has 0 radical (unpaired) electrons. The molecule has 0 saturated carbocycles. The van der Waals surface area contributed by atoms with Crippen LogP contribution in [0.2, 0.25) is 0 Å². The van der Waals surface area contributed by atoms with Gasteiger partial charge < -0.3 is 15.2 Å². The first-order chi connectivity index (χ1) is 15.6. The van der Waals surface area contributed by atoms with Crippen LogP contribution in [0.15, 0.2) is 36.8 Å². The minimum atomic E-state index is -0.909. The molecule has 0 bridgehead atoms. The number of aliphatic carboxylic acids is 1. The fourth-order valence-corrected chi connectivity index (χ4v) is 3.87. The van der Waals surface area contributed by atoms with Gasteiger partial charge in [-0.05, 0) is 56.7 Å². The first-order valence-corrected chi connectivity index (χ1v) is 11.1. The van der Waals surface area contributed by atoms with Gasteiger partial charge in [0.05, 0.1) is 24.8 Å². The van der Waals surface area contributed by atoms with Crippen LogP contribution in [0.1, 0.15) is 54.7 Å². The van der Waals surface area contributed by atoms with E-state index >= 15 is 0 Å². The summed E-state index contributed by atoms with van der Waals surface area (Å²) in [5, 5.41) is 17.4. The van der Waals surface area contributed by atoms with Crippen molar-refractivity contribution in [1.82, 2.24) is 24.7 Å². The molecular weight excluding hydrogens is 408 g/mol. The van der Waals surface area contributed by atoms with Crippen molar-refractivity contribution in [2.24, 2.45) is 0 Å². The van der Waals surface area contributed by atoms with Crippen LogP contribution in [0, 0.1) is 0 Å². The normalized spacial score (nSPS) is 13.8. The molecule has 0 unspecified atom stereocenters. The van der Waals surface area contributed by atoms with Crippen molar-refractivity contribution in [1.29, 1.82) is 0 Å². The van der Waals surface area contributed by atoms with Crippen LogP contribution in [-0.4, -0.2) is 49.0 Å². The number of hydrogen-bond donors (Lipinski definition) is 2. The largest absolute Gasteiger partial charge is 0.481 e. The molecule has 0 fully saturated rings. The molecule has 9 heteroatoms. The van der Waals surface area contributed by atoms with Gasteiger partial charge >= 0.3 is 12.0 Å². The minimum Gasteiger partial charge on any atom is -0.481 e. The molecular formula is C23H28N6O3. The molecule has 0 spiro atoms. The highest BCUT2D eigenvalue weighted by Crippen LogP contribution is 2.23. The quantitative estimate of drug-likeness (QED) is 0.498. The molecule has 1 aliphatic heterocycles. The number of fused-ring (bicyclic) bond motifs is 1. The van der Waals surface area contributed by atoms with Crippen LogP contribution < -0.4 is 10.1 Å². The number of anilines is 1. The Morgan fingerprint density at radius 2 is 2.03 bits per heavy atom.